The summed E-state index contributed by atoms with van der Waals surface area (Å²) in [7, 11) is 1.76. The molecule has 0 radical (unpaired) electrons. The normalized spacial score (nSPS) is 10.2. The molecular weight excluding hydrogens is 284 g/mol. The number of hydrogen-bond donors (Lipinski definition) is 0. The summed E-state index contributed by atoms with van der Waals surface area (Å²) in [5.41, 5.74) is 0.0425. The second-order valence-corrected chi connectivity index (χ2v) is 4.61. The summed E-state index contributed by atoms with van der Waals surface area (Å²) in [4.78, 5) is 21.0. The number of ether oxygens (including phenoxy) is 2. The quantitative estimate of drug-likeness (QED) is 0.605. The average Bonchev–Trinajstić information content (AvgIpc) is 2.54. The Bertz CT molecular complexity index is 623. The first-order valence-corrected chi connectivity index (χ1v) is 7.27. The topological polar surface area (TPSA) is 65.7 Å². The highest BCUT2D eigenvalue weighted by atomic mass is 16.5. The zero-order chi connectivity index (χ0) is 16.4. The Balaban J connectivity index is 0.000000295. The van der Waals surface area contributed by atoms with Crippen molar-refractivity contribution in [3.63, 3.8) is 0 Å². The van der Waals surface area contributed by atoms with Crippen LogP contribution in [0.4, 0.5) is 0 Å². The molecule has 0 saturated heterocycles. The van der Waals surface area contributed by atoms with Crippen LogP contribution in [0.3, 0.4) is 0 Å². The van der Waals surface area contributed by atoms with Crippen molar-refractivity contribution in [2.75, 3.05) is 13.7 Å². The summed E-state index contributed by atoms with van der Waals surface area (Å²) in [6.07, 6.45) is 3.41. The minimum atomic E-state index is -0.407. The van der Waals surface area contributed by atoms with Gasteiger partial charge in [-0.25, -0.2) is 4.79 Å². The number of carbonyl (C=O) groups is 1. The SMILES string of the molecule is CCC(CC)OC.O=CCOc1ccc2ccc(=O)oc2c1. The van der Waals surface area contributed by atoms with Crippen molar-refractivity contribution in [3.8, 4) is 5.75 Å². The van der Waals surface area contributed by atoms with E-state index in [9.17, 15) is 9.59 Å². The van der Waals surface area contributed by atoms with Crippen LogP contribution < -0.4 is 10.4 Å². The third-order valence-corrected chi connectivity index (χ3v) is 3.16. The molecule has 120 valence electrons. The fraction of sp³-hybridized carbons (Fsp3) is 0.412. The molecule has 0 atom stereocenters. The van der Waals surface area contributed by atoms with Crippen molar-refractivity contribution in [3.05, 3.63) is 40.8 Å². The summed E-state index contributed by atoms with van der Waals surface area (Å²) in [6.45, 7) is 4.26. The maximum absolute atomic E-state index is 10.9. The summed E-state index contributed by atoms with van der Waals surface area (Å²) < 4.78 is 15.1. The Kier molecular flexibility index (Phi) is 7.92. The van der Waals surface area contributed by atoms with Gasteiger partial charge in [-0.2, -0.15) is 0 Å². The number of hydrogen-bond acceptors (Lipinski definition) is 5. The lowest BCUT2D eigenvalue weighted by Crippen LogP contribution is -2.05. The first kappa shape index (κ1) is 17.9. The fourth-order valence-corrected chi connectivity index (χ4v) is 1.88. The molecular formula is C17H22O5. The van der Waals surface area contributed by atoms with Crippen LogP contribution in [0.1, 0.15) is 26.7 Å². The van der Waals surface area contributed by atoms with Crippen LogP contribution in [0, 0.1) is 0 Å². The van der Waals surface area contributed by atoms with Gasteiger partial charge in [0, 0.05) is 24.6 Å². The van der Waals surface area contributed by atoms with Crippen LogP contribution in [0.15, 0.2) is 39.5 Å². The van der Waals surface area contributed by atoms with Crippen molar-refractivity contribution in [1.82, 2.24) is 0 Å². The molecule has 1 aromatic heterocycles. The van der Waals surface area contributed by atoms with Crippen molar-refractivity contribution in [2.45, 2.75) is 32.8 Å². The first-order chi connectivity index (χ1) is 10.6. The minimum Gasteiger partial charge on any atom is -0.486 e. The monoisotopic (exact) mass is 306 g/mol. The maximum atomic E-state index is 10.9. The van der Waals surface area contributed by atoms with Gasteiger partial charge in [-0.05, 0) is 31.0 Å². The highest BCUT2D eigenvalue weighted by molar-refractivity contribution is 5.77. The van der Waals surface area contributed by atoms with E-state index in [1.807, 2.05) is 0 Å². The van der Waals surface area contributed by atoms with E-state index in [1.165, 1.54) is 6.07 Å². The standard InChI is InChI=1S/C11H8O4.C6H14O/c12-5-6-14-9-3-1-8-2-4-11(13)15-10(8)7-9;1-4-6(5-2)7-3/h1-5,7H,6H2;6H,4-5H2,1-3H3. The molecule has 2 rings (SSSR count). The molecule has 0 aliphatic heterocycles. The van der Waals surface area contributed by atoms with Gasteiger partial charge in [-0.15, -0.1) is 0 Å². The molecule has 0 amide bonds. The lowest BCUT2D eigenvalue weighted by Gasteiger charge is -2.07. The van der Waals surface area contributed by atoms with E-state index in [4.69, 9.17) is 13.9 Å². The molecule has 0 aliphatic rings. The second kappa shape index (κ2) is 9.73. The van der Waals surface area contributed by atoms with Crippen molar-refractivity contribution < 1.29 is 18.7 Å². The smallest absolute Gasteiger partial charge is 0.336 e. The van der Waals surface area contributed by atoms with Gasteiger partial charge in [0.05, 0.1) is 6.10 Å². The lowest BCUT2D eigenvalue weighted by molar-refractivity contribution is -0.109. The molecule has 0 spiro atoms. The highest BCUT2D eigenvalue weighted by Crippen LogP contribution is 2.19. The highest BCUT2D eigenvalue weighted by Gasteiger charge is 1.99. The molecule has 5 nitrogen and oxygen atoms in total. The third-order valence-electron chi connectivity index (χ3n) is 3.16. The molecule has 0 saturated carbocycles. The van der Waals surface area contributed by atoms with Gasteiger partial charge in [0.1, 0.15) is 17.9 Å². The Labute approximate surface area is 129 Å². The molecule has 0 fully saturated rings. The summed E-state index contributed by atoms with van der Waals surface area (Å²) in [5.74, 6) is 0.504. The number of aldehydes is 1. The van der Waals surface area contributed by atoms with Crippen LogP contribution in [-0.4, -0.2) is 26.1 Å². The number of carbonyl (C=O) groups excluding carboxylic acids is 1. The Morgan fingerprint density at radius 2 is 1.86 bits per heavy atom. The minimum absolute atomic E-state index is 0.0113. The van der Waals surface area contributed by atoms with Gasteiger partial charge in [-0.1, -0.05) is 13.8 Å². The zero-order valence-electron chi connectivity index (χ0n) is 13.2. The molecule has 1 aromatic carbocycles. The number of fused-ring (bicyclic) bond motifs is 1. The number of benzene rings is 1. The second-order valence-electron chi connectivity index (χ2n) is 4.61. The van der Waals surface area contributed by atoms with Crippen LogP contribution >= 0.6 is 0 Å². The van der Waals surface area contributed by atoms with Crippen LogP contribution in [0.25, 0.3) is 11.0 Å². The van der Waals surface area contributed by atoms with Gasteiger partial charge in [0.25, 0.3) is 0 Å². The number of rotatable bonds is 6. The maximum Gasteiger partial charge on any atom is 0.336 e. The summed E-state index contributed by atoms with van der Waals surface area (Å²) >= 11 is 0. The largest absolute Gasteiger partial charge is 0.486 e. The van der Waals surface area contributed by atoms with Gasteiger partial charge >= 0.3 is 5.63 Å². The van der Waals surface area contributed by atoms with E-state index in [1.54, 1.807) is 31.4 Å². The van der Waals surface area contributed by atoms with Crippen LogP contribution in [0.5, 0.6) is 5.75 Å². The molecule has 22 heavy (non-hydrogen) atoms. The molecule has 5 heteroatoms. The fourth-order valence-electron chi connectivity index (χ4n) is 1.88. The van der Waals surface area contributed by atoms with E-state index >= 15 is 0 Å². The van der Waals surface area contributed by atoms with Crippen molar-refractivity contribution in [2.24, 2.45) is 0 Å². The molecule has 2 aromatic rings. The first-order valence-electron chi connectivity index (χ1n) is 7.27. The summed E-state index contributed by atoms with van der Waals surface area (Å²) in [6, 6.07) is 8.09. The molecule has 0 unspecified atom stereocenters. The van der Waals surface area contributed by atoms with Gasteiger partial charge in [-0.3, -0.25) is 4.79 Å². The molecule has 1 heterocycles. The zero-order valence-corrected chi connectivity index (χ0v) is 13.2. The van der Waals surface area contributed by atoms with Crippen LogP contribution in [-0.2, 0) is 9.53 Å². The van der Waals surface area contributed by atoms with E-state index in [0.717, 1.165) is 18.2 Å². The predicted octanol–water partition coefficient (Wildman–Crippen LogP) is 3.19. The Hall–Kier alpha value is -2.14. The van der Waals surface area contributed by atoms with E-state index in [0.29, 0.717) is 23.7 Å². The molecule has 0 aliphatic carbocycles. The van der Waals surface area contributed by atoms with E-state index < -0.39 is 5.63 Å². The van der Waals surface area contributed by atoms with Gasteiger partial charge in [0.15, 0.2) is 6.29 Å². The lowest BCUT2D eigenvalue weighted by atomic mass is 10.2. The molecule has 0 bridgehead atoms. The van der Waals surface area contributed by atoms with Crippen molar-refractivity contribution >= 4 is 17.3 Å². The molecule has 0 N–H and O–H groups in total. The predicted molar refractivity (Wildman–Crippen MR) is 85.4 cm³/mol. The Morgan fingerprint density at radius 1 is 1.18 bits per heavy atom. The van der Waals surface area contributed by atoms with Gasteiger partial charge in [0.2, 0.25) is 0 Å². The van der Waals surface area contributed by atoms with Crippen molar-refractivity contribution in [1.29, 1.82) is 0 Å². The summed E-state index contributed by atoms with van der Waals surface area (Å²) in [5, 5.41) is 0.813. The van der Waals surface area contributed by atoms with E-state index in [-0.39, 0.29) is 6.61 Å². The number of methoxy groups -OCH3 is 1. The van der Waals surface area contributed by atoms with Crippen LogP contribution in [0.2, 0.25) is 0 Å². The third kappa shape index (κ3) is 5.69. The average molecular weight is 306 g/mol. The Morgan fingerprint density at radius 3 is 2.41 bits per heavy atom. The van der Waals surface area contributed by atoms with Gasteiger partial charge < -0.3 is 13.9 Å². The van der Waals surface area contributed by atoms with E-state index in [2.05, 4.69) is 13.8 Å².